The van der Waals surface area contributed by atoms with Gasteiger partial charge in [-0.05, 0) is 48.9 Å². The highest BCUT2D eigenvalue weighted by Crippen LogP contribution is 2.30. The van der Waals surface area contributed by atoms with Crippen LogP contribution in [0, 0.1) is 10.1 Å². The number of hydrogen-bond donors (Lipinski definition) is 0. The molecule has 31 heavy (non-hydrogen) atoms. The van der Waals surface area contributed by atoms with Crippen molar-refractivity contribution in [2.24, 2.45) is 0 Å². The van der Waals surface area contributed by atoms with Crippen LogP contribution in [0.25, 0.3) is 17.1 Å². The second-order valence-electron chi connectivity index (χ2n) is 6.53. The fraction of sp³-hybridized carbons (Fsp3) is 0.136. The topological polar surface area (TPSA) is 96.0 Å². The number of nitro benzene ring substituents is 1. The summed E-state index contributed by atoms with van der Waals surface area (Å²) in [6, 6.07) is 18.1. The Kier molecular flexibility index (Phi) is 6.23. The Labute approximate surface area is 183 Å². The van der Waals surface area contributed by atoms with Gasteiger partial charge < -0.3 is 4.74 Å². The number of pyridine rings is 1. The molecule has 4 rings (SSSR count). The second kappa shape index (κ2) is 9.40. The molecule has 0 amide bonds. The number of nitro groups is 1. The molecule has 4 aromatic rings. The monoisotopic (exact) mass is 433 g/mol. The van der Waals surface area contributed by atoms with E-state index in [1.54, 1.807) is 24.5 Å². The molecule has 2 aromatic carbocycles. The predicted octanol–water partition coefficient (Wildman–Crippen LogP) is 4.93. The molecule has 9 heteroatoms. The van der Waals surface area contributed by atoms with Gasteiger partial charge in [0.15, 0.2) is 11.0 Å². The summed E-state index contributed by atoms with van der Waals surface area (Å²) in [5.74, 6) is 1.97. The van der Waals surface area contributed by atoms with Gasteiger partial charge in [0.05, 0.1) is 11.5 Å². The van der Waals surface area contributed by atoms with Crippen LogP contribution in [0.15, 0.2) is 78.2 Å². The van der Waals surface area contributed by atoms with Crippen LogP contribution in [0.3, 0.4) is 0 Å². The number of nitrogens with zero attached hydrogens (tertiary/aromatic N) is 5. The number of rotatable bonds is 8. The van der Waals surface area contributed by atoms with E-state index in [2.05, 4.69) is 15.2 Å². The molecule has 0 aliphatic heterocycles. The Morgan fingerprint density at radius 2 is 1.94 bits per heavy atom. The minimum absolute atomic E-state index is 0.0714. The third-order valence-corrected chi connectivity index (χ3v) is 5.45. The summed E-state index contributed by atoms with van der Waals surface area (Å²) in [5.41, 5.74) is 2.63. The molecule has 0 aliphatic carbocycles. The summed E-state index contributed by atoms with van der Waals surface area (Å²) in [6.07, 6.45) is 3.45. The molecule has 0 bridgehead atoms. The van der Waals surface area contributed by atoms with Crippen molar-refractivity contribution in [2.45, 2.75) is 17.8 Å². The number of ether oxygens (including phenoxy) is 1. The Bertz CT molecular complexity index is 1180. The highest BCUT2D eigenvalue weighted by Gasteiger charge is 2.17. The number of aromatic nitrogens is 4. The van der Waals surface area contributed by atoms with E-state index in [4.69, 9.17) is 4.74 Å². The van der Waals surface area contributed by atoms with Crippen LogP contribution in [-0.4, -0.2) is 31.3 Å². The van der Waals surface area contributed by atoms with Gasteiger partial charge in [0.25, 0.3) is 5.69 Å². The minimum Gasteiger partial charge on any atom is -0.494 e. The van der Waals surface area contributed by atoms with Crippen LogP contribution >= 0.6 is 11.8 Å². The number of non-ortho nitro benzene ring substituents is 1. The van der Waals surface area contributed by atoms with Gasteiger partial charge in [-0.25, -0.2) is 0 Å². The first-order valence-electron chi connectivity index (χ1n) is 9.61. The molecule has 0 atom stereocenters. The first kappa shape index (κ1) is 20.5. The van der Waals surface area contributed by atoms with Gasteiger partial charge in [-0.15, -0.1) is 10.2 Å². The van der Waals surface area contributed by atoms with Gasteiger partial charge in [-0.2, -0.15) is 0 Å². The molecule has 2 heterocycles. The SMILES string of the molecule is CCOc1ccc(-n2c(SCc3cccc([N+](=O)[O-])c3)nnc2-c2cccnc2)cc1. The van der Waals surface area contributed by atoms with Crippen molar-refractivity contribution in [3.63, 3.8) is 0 Å². The van der Waals surface area contributed by atoms with Crippen molar-refractivity contribution >= 4 is 17.4 Å². The van der Waals surface area contributed by atoms with Crippen molar-refractivity contribution in [1.29, 1.82) is 0 Å². The number of thioether (sulfide) groups is 1. The lowest BCUT2D eigenvalue weighted by atomic mass is 10.2. The van der Waals surface area contributed by atoms with Gasteiger partial charge in [0, 0.05) is 41.5 Å². The summed E-state index contributed by atoms with van der Waals surface area (Å²) in [4.78, 5) is 14.9. The molecule has 2 aromatic heterocycles. The van der Waals surface area contributed by atoms with E-state index in [9.17, 15) is 10.1 Å². The van der Waals surface area contributed by atoms with Crippen LogP contribution < -0.4 is 4.74 Å². The lowest BCUT2D eigenvalue weighted by molar-refractivity contribution is -0.384. The summed E-state index contributed by atoms with van der Waals surface area (Å²) >= 11 is 1.46. The van der Waals surface area contributed by atoms with Gasteiger partial charge in [-0.1, -0.05) is 23.9 Å². The standard InChI is InChI=1S/C22H19N5O3S/c1-2-30-20-10-8-18(9-11-20)26-21(17-6-4-12-23-14-17)24-25-22(26)31-15-16-5-3-7-19(13-16)27(28)29/h3-14H,2,15H2,1H3. The fourth-order valence-electron chi connectivity index (χ4n) is 3.04. The minimum atomic E-state index is -0.392. The molecule has 0 radical (unpaired) electrons. The highest BCUT2D eigenvalue weighted by atomic mass is 32.2. The highest BCUT2D eigenvalue weighted by molar-refractivity contribution is 7.98. The van der Waals surface area contributed by atoms with Crippen LogP contribution in [0.2, 0.25) is 0 Å². The van der Waals surface area contributed by atoms with E-state index in [1.807, 2.05) is 54.0 Å². The van der Waals surface area contributed by atoms with Gasteiger partial charge >= 0.3 is 0 Å². The lowest BCUT2D eigenvalue weighted by Crippen LogP contribution is -2.00. The molecule has 0 aliphatic rings. The zero-order valence-electron chi connectivity index (χ0n) is 16.7. The van der Waals surface area contributed by atoms with Crippen molar-refractivity contribution < 1.29 is 9.66 Å². The largest absolute Gasteiger partial charge is 0.494 e. The Balaban J connectivity index is 1.68. The molecule has 0 unspecified atom stereocenters. The Morgan fingerprint density at radius 3 is 2.65 bits per heavy atom. The summed E-state index contributed by atoms with van der Waals surface area (Å²) in [5, 5.41) is 20.5. The normalized spacial score (nSPS) is 10.7. The van der Waals surface area contributed by atoms with Crippen LogP contribution in [-0.2, 0) is 5.75 Å². The average Bonchev–Trinajstić information content (AvgIpc) is 3.23. The second-order valence-corrected chi connectivity index (χ2v) is 7.47. The molecule has 156 valence electrons. The van der Waals surface area contributed by atoms with Gasteiger partial charge in [-0.3, -0.25) is 19.7 Å². The molecular weight excluding hydrogens is 414 g/mol. The maximum atomic E-state index is 11.1. The molecule has 0 N–H and O–H groups in total. The van der Waals surface area contributed by atoms with E-state index in [1.165, 1.54) is 17.8 Å². The summed E-state index contributed by atoms with van der Waals surface area (Å²) in [6.45, 7) is 2.54. The predicted molar refractivity (Wildman–Crippen MR) is 118 cm³/mol. The van der Waals surface area contributed by atoms with Crippen molar-refractivity contribution in [2.75, 3.05) is 6.61 Å². The first-order valence-corrected chi connectivity index (χ1v) is 10.6. The van der Waals surface area contributed by atoms with E-state index < -0.39 is 4.92 Å². The third kappa shape index (κ3) is 4.72. The quantitative estimate of drug-likeness (QED) is 0.221. The smallest absolute Gasteiger partial charge is 0.269 e. The molecule has 0 saturated carbocycles. The van der Waals surface area contributed by atoms with E-state index in [0.717, 1.165) is 22.6 Å². The zero-order chi connectivity index (χ0) is 21.6. The van der Waals surface area contributed by atoms with E-state index in [0.29, 0.717) is 23.3 Å². The Hall–Kier alpha value is -3.72. The van der Waals surface area contributed by atoms with Gasteiger partial charge in [0.1, 0.15) is 5.75 Å². The lowest BCUT2D eigenvalue weighted by Gasteiger charge is -2.11. The van der Waals surface area contributed by atoms with Crippen LogP contribution in [0.5, 0.6) is 5.75 Å². The van der Waals surface area contributed by atoms with Crippen LogP contribution in [0.1, 0.15) is 12.5 Å². The average molecular weight is 433 g/mol. The zero-order valence-corrected chi connectivity index (χ0v) is 17.5. The maximum absolute atomic E-state index is 11.1. The molecule has 0 fully saturated rings. The van der Waals surface area contributed by atoms with E-state index >= 15 is 0 Å². The maximum Gasteiger partial charge on any atom is 0.269 e. The van der Waals surface area contributed by atoms with Crippen molar-refractivity contribution in [1.82, 2.24) is 19.7 Å². The number of benzene rings is 2. The Morgan fingerprint density at radius 1 is 1.10 bits per heavy atom. The van der Waals surface area contributed by atoms with Crippen molar-refractivity contribution in [3.8, 4) is 22.8 Å². The molecular formula is C22H19N5O3S. The van der Waals surface area contributed by atoms with Crippen LogP contribution in [0.4, 0.5) is 5.69 Å². The van der Waals surface area contributed by atoms with E-state index in [-0.39, 0.29) is 5.69 Å². The third-order valence-electron chi connectivity index (χ3n) is 4.45. The summed E-state index contributed by atoms with van der Waals surface area (Å²) in [7, 11) is 0. The van der Waals surface area contributed by atoms with Crippen molar-refractivity contribution in [3.05, 3.63) is 88.7 Å². The fourth-order valence-corrected chi connectivity index (χ4v) is 3.94. The summed E-state index contributed by atoms with van der Waals surface area (Å²) < 4.78 is 7.50. The number of hydrogen-bond acceptors (Lipinski definition) is 7. The first-order chi connectivity index (χ1) is 15.2. The molecule has 8 nitrogen and oxygen atoms in total. The molecule has 0 saturated heterocycles. The molecule has 0 spiro atoms. The van der Waals surface area contributed by atoms with Gasteiger partial charge in [0.2, 0.25) is 0 Å².